The molecule has 0 saturated carbocycles. The van der Waals surface area contributed by atoms with E-state index in [4.69, 9.17) is 20.3 Å². The lowest BCUT2D eigenvalue weighted by Gasteiger charge is -2.36. The van der Waals surface area contributed by atoms with Crippen molar-refractivity contribution in [3.05, 3.63) is 71.7 Å². The summed E-state index contributed by atoms with van der Waals surface area (Å²) >= 11 is 0. The third kappa shape index (κ3) is 6.75. The van der Waals surface area contributed by atoms with E-state index < -0.39 is 42.4 Å². The fourth-order valence-corrected chi connectivity index (χ4v) is 6.04. The van der Waals surface area contributed by atoms with Crippen molar-refractivity contribution >= 4 is 34.9 Å². The lowest BCUT2D eigenvalue weighted by Crippen LogP contribution is -2.54. The van der Waals surface area contributed by atoms with Crippen molar-refractivity contribution in [3.63, 3.8) is 0 Å². The number of rotatable bonds is 9. The Balaban J connectivity index is 1.07. The molecule has 2 aromatic carbocycles. The minimum absolute atomic E-state index is 0.0129. The van der Waals surface area contributed by atoms with Gasteiger partial charge in [-0.3, -0.25) is 18.8 Å². The third-order valence-electron chi connectivity index (χ3n) is 8.74. The van der Waals surface area contributed by atoms with E-state index in [2.05, 4.69) is 20.6 Å². The maximum Gasteiger partial charge on any atom is 0.325 e. The average molecular weight is 679 g/mol. The van der Waals surface area contributed by atoms with Gasteiger partial charge < -0.3 is 40.7 Å². The number of methoxy groups -OCH3 is 1. The summed E-state index contributed by atoms with van der Waals surface area (Å²) in [6.07, 6.45) is 4.33. The van der Waals surface area contributed by atoms with E-state index >= 15 is 0 Å². The zero-order chi connectivity index (χ0) is 34.8. The topological polar surface area (TPSA) is 177 Å². The Hall–Kier alpha value is -5.19. The number of anilines is 2. The van der Waals surface area contributed by atoms with Crippen molar-refractivity contribution in [1.82, 2.24) is 29.5 Å². The minimum Gasteiger partial charge on any atom is -0.494 e. The van der Waals surface area contributed by atoms with E-state index in [0.29, 0.717) is 67.6 Å². The molecule has 6 rings (SSSR count). The molecule has 0 bridgehead atoms. The number of nitrogens with one attached hydrogen (secondary N) is 2. The molecule has 2 fully saturated rings. The van der Waals surface area contributed by atoms with Crippen molar-refractivity contribution in [2.45, 2.75) is 31.5 Å². The van der Waals surface area contributed by atoms with Crippen LogP contribution in [0, 0.1) is 18.6 Å². The minimum atomic E-state index is -1.12. The van der Waals surface area contributed by atoms with Crippen LogP contribution in [0.1, 0.15) is 22.3 Å². The van der Waals surface area contributed by atoms with Gasteiger partial charge in [-0.05, 0) is 42.8 Å². The Morgan fingerprint density at radius 1 is 1.10 bits per heavy atom. The van der Waals surface area contributed by atoms with Gasteiger partial charge in [0.15, 0.2) is 23.0 Å². The summed E-state index contributed by atoms with van der Waals surface area (Å²) in [6, 6.07) is 6.41. The number of fused-ring (bicyclic) bond motifs is 1. The van der Waals surface area contributed by atoms with Gasteiger partial charge in [-0.25, -0.2) is 14.4 Å². The van der Waals surface area contributed by atoms with Crippen LogP contribution in [-0.2, 0) is 14.3 Å². The highest BCUT2D eigenvalue weighted by atomic mass is 19.2. The Morgan fingerprint density at radius 2 is 1.86 bits per heavy atom. The molecule has 2 aromatic heterocycles. The summed E-state index contributed by atoms with van der Waals surface area (Å²) in [6.45, 7) is 3.03. The molecule has 2 saturated heterocycles. The van der Waals surface area contributed by atoms with Crippen LogP contribution in [0.15, 0.2) is 48.9 Å². The van der Waals surface area contributed by atoms with E-state index in [1.54, 1.807) is 32.5 Å². The predicted octanol–water partition coefficient (Wildman–Crippen LogP) is 1.61. The number of aryl methyl sites for hydroxylation is 1. The second-order valence-corrected chi connectivity index (χ2v) is 11.9. The number of aliphatic hydroxyl groups excluding tert-OH is 1. The monoisotopic (exact) mass is 678 g/mol. The Labute approximate surface area is 279 Å². The van der Waals surface area contributed by atoms with Gasteiger partial charge in [0.1, 0.15) is 12.1 Å². The van der Waals surface area contributed by atoms with Gasteiger partial charge in [0.2, 0.25) is 11.7 Å². The van der Waals surface area contributed by atoms with Crippen molar-refractivity contribution < 1.29 is 37.7 Å². The molecular formula is C33H36F2N8O6. The number of piperazine rings is 1. The number of nitrogens with two attached hydrogens (primary N) is 1. The predicted molar refractivity (Wildman–Crippen MR) is 173 cm³/mol. The van der Waals surface area contributed by atoms with Gasteiger partial charge >= 0.3 is 5.97 Å². The fourth-order valence-electron chi connectivity index (χ4n) is 6.04. The molecule has 0 radical (unpaired) electrons. The van der Waals surface area contributed by atoms with Crippen LogP contribution in [0.3, 0.4) is 0 Å². The number of ether oxygens (including phenoxy) is 2. The lowest BCUT2D eigenvalue weighted by molar-refractivity contribution is -0.151. The van der Waals surface area contributed by atoms with Crippen LogP contribution in [-0.4, -0.2) is 112 Å². The molecular weight excluding hydrogens is 642 g/mol. The van der Waals surface area contributed by atoms with Crippen molar-refractivity contribution in [1.29, 1.82) is 0 Å². The molecule has 258 valence electrons. The molecule has 4 aromatic rings. The molecule has 5 N–H and O–H groups in total. The average Bonchev–Trinajstić information content (AvgIpc) is 3.76. The Morgan fingerprint density at radius 3 is 2.57 bits per heavy atom. The number of carbonyl (C=O) groups is 3. The lowest BCUT2D eigenvalue weighted by atomic mass is 10.1. The number of benzene rings is 2. The molecule has 4 heterocycles. The van der Waals surface area contributed by atoms with Gasteiger partial charge in [-0.1, -0.05) is 0 Å². The molecule has 0 spiro atoms. The van der Waals surface area contributed by atoms with E-state index in [0.717, 1.165) is 5.56 Å². The first-order valence-electron chi connectivity index (χ1n) is 15.7. The smallest absolute Gasteiger partial charge is 0.325 e. The van der Waals surface area contributed by atoms with Crippen LogP contribution < -0.4 is 21.1 Å². The first-order valence-corrected chi connectivity index (χ1v) is 15.7. The molecule has 2 aliphatic rings. The summed E-state index contributed by atoms with van der Waals surface area (Å²) in [5.74, 6) is -2.97. The molecule has 16 heteroatoms. The zero-order valence-corrected chi connectivity index (χ0v) is 26.9. The standard InChI is InChI=1S/C33H36F2N8O6/c1-18-13-19(40-29-30-39-16-25(43(30)8-7-37-29)22-5-6-26(48-2)28(35)27(22)34)3-4-21(18)31(45)41-9-11-42(12-10-41)32(46)24-14-20(15-38-24)49-33(47)23(36)17-44/h3-8,13,16,20,23-24,38,44H,9-12,14-15,17,36H2,1-2H3,(H,37,40)/t20-,23+,24+/m1/s1. The molecule has 0 aliphatic carbocycles. The van der Waals surface area contributed by atoms with E-state index in [9.17, 15) is 23.2 Å². The zero-order valence-electron chi connectivity index (χ0n) is 26.9. The number of hydrogen-bond acceptors (Lipinski definition) is 11. The number of hydrogen-bond donors (Lipinski definition) is 4. The molecule has 14 nitrogen and oxygen atoms in total. The van der Waals surface area contributed by atoms with E-state index in [1.165, 1.54) is 31.6 Å². The molecule has 2 aliphatic heterocycles. The SMILES string of the molecule is COc1ccc(-c2cnc3c(Nc4ccc(C(=O)N5CCN(C(=O)[C@@H]6C[C@@H](OC(=O)[C@@H](N)CO)CN6)CC5)c(C)c4)nccn23)c(F)c1F. The number of halogens is 2. The van der Waals surface area contributed by atoms with Crippen LogP contribution in [0.25, 0.3) is 16.9 Å². The van der Waals surface area contributed by atoms with Crippen molar-refractivity contribution in [3.8, 4) is 17.0 Å². The summed E-state index contributed by atoms with van der Waals surface area (Å²) in [5, 5.41) is 15.3. The first-order chi connectivity index (χ1) is 23.6. The maximum atomic E-state index is 14.9. The number of amides is 2. The van der Waals surface area contributed by atoms with Gasteiger partial charge in [-0.15, -0.1) is 0 Å². The Bertz CT molecular complexity index is 1900. The molecule has 49 heavy (non-hydrogen) atoms. The molecule has 2 amide bonds. The van der Waals surface area contributed by atoms with Crippen LogP contribution in [0.2, 0.25) is 0 Å². The van der Waals surface area contributed by atoms with Crippen LogP contribution in [0.4, 0.5) is 20.3 Å². The van der Waals surface area contributed by atoms with Crippen LogP contribution in [0.5, 0.6) is 5.75 Å². The summed E-state index contributed by atoms with van der Waals surface area (Å²) in [5.41, 5.74) is 8.10. The summed E-state index contributed by atoms with van der Waals surface area (Å²) in [7, 11) is 1.26. The third-order valence-corrected chi connectivity index (χ3v) is 8.74. The van der Waals surface area contributed by atoms with Crippen molar-refractivity contribution in [2.75, 3.05) is 51.8 Å². The number of nitrogens with zero attached hydrogens (tertiary/aromatic N) is 5. The van der Waals surface area contributed by atoms with Gasteiger partial charge in [0, 0.05) is 68.4 Å². The highest BCUT2D eigenvalue weighted by molar-refractivity contribution is 5.96. The highest BCUT2D eigenvalue weighted by Crippen LogP contribution is 2.32. The van der Waals surface area contributed by atoms with Gasteiger partial charge in [-0.2, -0.15) is 4.39 Å². The summed E-state index contributed by atoms with van der Waals surface area (Å²) < 4.78 is 41.0. The normalized spacial score (nSPS) is 18.4. The maximum absolute atomic E-state index is 14.9. The quantitative estimate of drug-likeness (QED) is 0.189. The van der Waals surface area contributed by atoms with Gasteiger partial charge in [0.05, 0.1) is 31.6 Å². The van der Waals surface area contributed by atoms with Crippen molar-refractivity contribution in [2.24, 2.45) is 5.73 Å². The highest BCUT2D eigenvalue weighted by Gasteiger charge is 2.36. The number of esters is 1. The van der Waals surface area contributed by atoms with Gasteiger partial charge in [0.25, 0.3) is 5.91 Å². The molecule has 0 unspecified atom stereocenters. The second-order valence-electron chi connectivity index (χ2n) is 11.9. The van der Waals surface area contributed by atoms with Crippen LogP contribution >= 0.6 is 0 Å². The number of imidazole rings is 1. The Kier molecular flexibility index (Phi) is 9.71. The largest absolute Gasteiger partial charge is 0.494 e. The number of carbonyl (C=O) groups excluding carboxylic acids is 3. The van der Waals surface area contributed by atoms with E-state index in [-0.39, 0.29) is 23.1 Å². The summed E-state index contributed by atoms with van der Waals surface area (Å²) in [4.78, 5) is 50.6. The fraction of sp³-hybridized carbons (Fsp3) is 0.364. The second kappa shape index (κ2) is 14.1. The van der Waals surface area contributed by atoms with E-state index in [1.807, 2.05) is 13.0 Å². The molecule has 3 atom stereocenters. The number of aliphatic hydroxyl groups is 1. The first kappa shape index (κ1) is 33.7. The number of aromatic nitrogens is 3.